The van der Waals surface area contributed by atoms with E-state index < -0.39 is 12.1 Å². The molecule has 0 fully saturated rings. The summed E-state index contributed by atoms with van der Waals surface area (Å²) in [6, 6.07) is 24.3. The summed E-state index contributed by atoms with van der Waals surface area (Å²) in [5.74, 6) is -0.402. The van der Waals surface area contributed by atoms with Crippen LogP contribution < -0.4 is 34.5 Å². The zero-order chi connectivity index (χ0) is 24.1. The Morgan fingerprint density at radius 1 is 0.943 bits per heavy atom. The predicted molar refractivity (Wildman–Crippen MR) is 130 cm³/mol. The molecule has 7 nitrogen and oxygen atoms in total. The molecule has 4 rings (SSSR count). The Morgan fingerprint density at radius 2 is 1.51 bits per heavy atom. The maximum atomic E-state index is 12.9. The summed E-state index contributed by atoms with van der Waals surface area (Å²) in [6.45, 7) is 3.78. The molecule has 0 unspecified atom stereocenters. The molecule has 0 aliphatic carbocycles. The van der Waals surface area contributed by atoms with E-state index in [9.17, 15) is 9.59 Å². The molecule has 4 aromatic rings. The fraction of sp³-hybridized carbons (Fsp3) is 0.148. The third-order valence-corrected chi connectivity index (χ3v) is 5.31. The second kappa shape index (κ2) is 11.8. The normalized spacial score (nSPS) is 10.3. The minimum Gasteiger partial charge on any atom is -1.00 e. The molecule has 0 radical (unpaired) electrons. The summed E-state index contributed by atoms with van der Waals surface area (Å²) in [6.07, 6.45) is -0.523. The number of carboxylic acid groups (broad SMARTS) is 1. The van der Waals surface area contributed by atoms with Gasteiger partial charge < -0.3 is 15.8 Å². The number of aryl methyl sites for hydroxylation is 1. The van der Waals surface area contributed by atoms with E-state index in [1.807, 2.05) is 78.9 Å². The molecule has 8 heteroatoms. The average molecular weight is 480 g/mol. The van der Waals surface area contributed by atoms with Crippen LogP contribution >= 0.6 is 0 Å². The first-order valence-electron chi connectivity index (χ1n) is 10.9. The number of nitrogens with zero attached hydrogens (tertiary/aromatic N) is 2. The summed E-state index contributed by atoms with van der Waals surface area (Å²) in [5.41, 5.74) is 5.16. The Balaban J connectivity index is 0.00000228. The van der Waals surface area contributed by atoms with Crippen molar-refractivity contribution in [1.29, 1.82) is 0 Å². The van der Waals surface area contributed by atoms with Crippen molar-refractivity contribution in [2.24, 2.45) is 0 Å². The molecule has 0 saturated carbocycles. The molecule has 0 aliphatic heterocycles. The Hall–Kier alpha value is -3.39. The molecule has 0 saturated heterocycles. The van der Waals surface area contributed by atoms with E-state index in [2.05, 4.69) is 5.16 Å². The average Bonchev–Trinajstić information content (AvgIpc) is 3.21. The van der Waals surface area contributed by atoms with Crippen LogP contribution in [0.2, 0.25) is 0 Å². The zero-order valence-electron chi connectivity index (χ0n) is 20.9. The number of carboxylic acids is 1. The van der Waals surface area contributed by atoms with Crippen LogP contribution in [-0.4, -0.2) is 28.9 Å². The summed E-state index contributed by atoms with van der Waals surface area (Å²) in [4.78, 5) is 25.3. The van der Waals surface area contributed by atoms with E-state index in [0.717, 1.165) is 22.3 Å². The van der Waals surface area contributed by atoms with Gasteiger partial charge in [-0.25, -0.2) is 9.69 Å². The molecule has 1 N–H and O–H groups in total. The predicted octanol–water partition coefficient (Wildman–Crippen LogP) is 3.36. The fourth-order valence-corrected chi connectivity index (χ4v) is 3.71. The van der Waals surface area contributed by atoms with Gasteiger partial charge in [-0.1, -0.05) is 71.9 Å². The van der Waals surface area contributed by atoms with Gasteiger partial charge in [-0.05, 0) is 42.7 Å². The Labute approximate surface area is 227 Å². The van der Waals surface area contributed by atoms with Crippen LogP contribution in [0.5, 0.6) is 0 Å². The van der Waals surface area contributed by atoms with Crippen LogP contribution in [0.25, 0.3) is 22.5 Å². The van der Waals surface area contributed by atoms with Gasteiger partial charge in [0.05, 0.1) is 18.7 Å². The van der Waals surface area contributed by atoms with Gasteiger partial charge in [0.2, 0.25) is 0 Å². The second-order valence-electron chi connectivity index (χ2n) is 7.66. The maximum Gasteiger partial charge on any atom is 1.00 e. The number of amides is 1. The molecule has 0 bridgehead atoms. The van der Waals surface area contributed by atoms with E-state index >= 15 is 0 Å². The van der Waals surface area contributed by atoms with Crippen LogP contribution in [0.15, 0.2) is 83.4 Å². The van der Waals surface area contributed by atoms with E-state index in [1.165, 1.54) is 4.90 Å². The molecule has 3 aromatic carbocycles. The molecule has 174 valence electrons. The Morgan fingerprint density at radius 3 is 2.09 bits per heavy atom. The number of carbonyl (C=O) groups is 2. The van der Waals surface area contributed by atoms with Gasteiger partial charge in [-0.2, -0.15) is 0 Å². The second-order valence-corrected chi connectivity index (χ2v) is 7.66. The van der Waals surface area contributed by atoms with Crippen molar-refractivity contribution in [3.63, 3.8) is 0 Å². The molecular weight excluding hydrogens is 455 g/mol. The first-order chi connectivity index (χ1) is 16.5. The standard InChI is InChI=1S/C27H24N2O5.Na.H/c1-3-33-27(32)29(23-7-5-4-6-8-23)25-18(2)28-34-26(25)22-15-13-21(14-16-22)20-11-9-19(10-12-20)17-24(30)31;;/h4-16H,3,17H2,1-2H3,(H,30,31);;/q;+1;-1. The molecular formula is C27H25N2NaO5. The van der Waals surface area contributed by atoms with E-state index in [4.69, 9.17) is 14.4 Å². The quantitative estimate of drug-likeness (QED) is 0.408. The number of benzene rings is 3. The number of aromatic nitrogens is 1. The van der Waals surface area contributed by atoms with Gasteiger partial charge in [-0.15, -0.1) is 0 Å². The molecule has 1 heterocycles. The summed E-state index contributed by atoms with van der Waals surface area (Å²) < 4.78 is 11.0. The third kappa shape index (κ3) is 6.00. The molecule has 0 aliphatic rings. The maximum absolute atomic E-state index is 12.9. The van der Waals surface area contributed by atoms with Crippen molar-refractivity contribution >= 4 is 23.4 Å². The van der Waals surface area contributed by atoms with Gasteiger partial charge in [0, 0.05) is 5.56 Å². The van der Waals surface area contributed by atoms with Gasteiger partial charge >= 0.3 is 41.6 Å². The van der Waals surface area contributed by atoms with Gasteiger partial charge in [0.25, 0.3) is 0 Å². The van der Waals surface area contributed by atoms with Crippen molar-refractivity contribution < 1.29 is 54.9 Å². The molecule has 1 amide bonds. The van der Waals surface area contributed by atoms with Crippen molar-refractivity contribution in [3.8, 4) is 22.5 Å². The third-order valence-electron chi connectivity index (χ3n) is 5.31. The number of ether oxygens (including phenoxy) is 1. The number of rotatable bonds is 7. The largest absolute Gasteiger partial charge is 1.00 e. The van der Waals surface area contributed by atoms with Crippen molar-refractivity contribution in [3.05, 3.63) is 90.1 Å². The summed E-state index contributed by atoms with van der Waals surface area (Å²) in [5, 5.41) is 13.1. The van der Waals surface area contributed by atoms with Crippen molar-refractivity contribution in [2.45, 2.75) is 20.3 Å². The topological polar surface area (TPSA) is 92.9 Å². The fourth-order valence-electron chi connectivity index (χ4n) is 3.71. The first kappa shape index (κ1) is 26.2. The number of hydrogen-bond donors (Lipinski definition) is 1. The minimum atomic E-state index is -0.859. The number of hydrogen-bond acceptors (Lipinski definition) is 5. The first-order valence-corrected chi connectivity index (χ1v) is 10.9. The van der Waals surface area contributed by atoms with E-state index in [0.29, 0.717) is 22.8 Å². The number of anilines is 2. The van der Waals surface area contributed by atoms with Crippen LogP contribution in [0.3, 0.4) is 0 Å². The monoisotopic (exact) mass is 480 g/mol. The van der Waals surface area contributed by atoms with E-state index in [1.54, 1.807) is 13.8 Å². The molecule has 1 aromatic heterocycles. The Kier molecular flexibility index (Phi) is 8.87. The van der Waals surface area contributed by atoms with E-state index in [-0.39, 0.29) is 44.0 Å². The van der Waals surface area contributed by atoms with Crippen LogP contribution in [0, 0.1) is 6.92 Å². The van der Waals surface area contributed by atoms with Crippen molar-refractivity contribution in [2.75, 3.05) is 11.5 Å². The van der Waals surface area contributed by atoms with Crippen LogP contribution in [-0.2, 0) is 16.0 Å². The van der Waals surface area contributed by atoms with Gasteiger partial charge in [0.1, 0.15) is 11.4 Å². The van der Waals surface area contributed by atoms with Crippen LogP contribution in [0.1, 0.15) is 19.6 Å². The number of para-hydroxylation sites is 1. The van der Waals surface area contributed by atoms with Gasteiger partial charge in [-0.3, -0.25) is 4.79 Å². The smallest absolute Gasteiger partial charge is 1.00 e. The molecule has 0 atom stereocenters. The Bertz CT molecular complexity index is 1290. The number of carbonyl (C=O) groups excluding carboxylic acids is 1. The number of aliphatic carboxylic acids is 1. The minimum absolute atomic E-state index is 0. The SMILES string of the molecule is CCOC(=O)N(c1ccccc1)c1c(C)noc1-c1ccc(-c2ccc(CC(=O)O)cc2)cc1.[H-].[Na+]. The molecule has 0 spiro atoms. The zero-order valence-corrected chi connectivity index (χ0v) is 21.9. The molecule has 35 heavy (non-hydrogen) atoms. The summed E-state index contributed by atoms with van der Waals surface area (Å²) >= 11 is 0. The van der Waals surface area contributed by atoms with Crippen LogP contribution in [0.4, 0.5) is 16.2 Å². The van der Waals surface area contributed by atoms with Crippen molar-refractivity contribution in [1.82, 2.24) is 5.16 Å². The summed E-state index contributed by atoms with van der Waals surface area (Å²) in [7, 11) is 0. The van der Waals surface area contributed by atoms with Gasteiger partial charge in [0.15, 0.2) is 5.76 Å².